The molecule has 3 aromatic rings. The van der Waals surface area contributed by atoms with Gasteiger partial charge in [-0.15, -0.1) is 9.35 Å². The first-order chi connectivity index (χ1) is 15.0. The first-order valence-electron chi connectivity index (χ1n) is 10.1. The minimum Gasteiger partial charge on any atom is -0.266 e. The Morgan fingerprint density at radius 1 is 0.844 bits per heavy atom. The lowest BCUT2D eigenvalue weighted by Crippen LogP contribution is -2.41. The van der Waals surface area contributed by atoms with Crippen LogP contribution < -0.4 is 0 Å². The van der Waals surface area contributed by atoms with Gasteiger partial charge in [0, 0.05) is 5.39 Å². The maximum absolute atomic E-state index is 12.8. The molecule has 6 nitrogen and oxygen atoms in total. The molecule has 0 saturated carbocycles. The van der Waals surface area contributed by atoms with Crippen LogP contribution in [0.25, 0.3) is 22.9 Å². The maximum Gasteiger partial charge on any atom is 0.286 e. The fourth-order valence-electron chi connectivity index (χ4n) is 3.73. The zero-order valence-corrected chi connectivity index (χ0v) is 19.1. The summed E-state index contributed by atoms with van der Waals surface area (Å²) in [7, 11) is -4.05. The molecular formula is C25H23NO5S. The van der Waals surface area contributed by atoms with Crippen molar-refractivity contribution in [2.24, 2.45) is 0 Å². The number of hydroxylamine groups is 2. The van der Waals surface area contributed by atoms with Crippen LogP contribution in [0.4, 0.5) is 0 Å². The predicted molar refractivity (Wildman–Crippen MR) is 124 cm³/mol. The number of nitrogens with zero attached hydrogens (tertiary/aromatic N) is 1. The Labute approximate surface area is 187 Å². The molecule has 4 rings (SSSR count). The van der Waals surface area contributed by atoms with Crippen molar-refractivity contribution in [1.82, 2.24) is 5.06 Å². The van der Waals surface area contributed by atoms with Crippen LogP contribution in [0.15, 0.2) is 54.6 Å². The van der Waals surface area contributed by atoms with E-state index in [9.17, 15) is 18.0 Å². The van der Waals surface area contributed by atoms with Gasteiger partial charge in [0.25, 0.3) is 21.9 Å². The number of amides is 2. The van der Waals surface area contributed by atoms with E-state index in [0.29, 0.717) is 10.4 Å². The molecule has 164 valence electrons. The normalized spacial score (nSPS) is 14.6. The molecule has 1 heterocycles. The van der Waals surface area contributed by atoms with E-state index in [1.165, 1.54) is 5.56 Å². The Morgan fingerprint density at radius 2 is 1.47 bits per heavy atom. The third kappa shape index (κ3) is 4.09. The van der Waals surface area contributed by atoms with E-state index in [1.807, 2.05) is 18.2 Å². The van der Waals surface area contributed by atoms with Gasteiger partial charge in [-0.3, -0.25) is 9.59 Å². The summed E-state index contributed by atoms with van der Waals surface area (Å²) in [6.07, 6.45) is 4.69. The van der Waals surface area contributed by atoms with E-state index >= 15 is 0 Å². The van der Waals surface area contributed by atoms with Crippen molar-refractivity contribution in [2.45, 2.75) is 26.2 Å². The number of carbonyl (C=O) groups is 2. The molecule has 3 aromatic carbocycles. The molecule has 0 bridgehead atoms. The maximum atomic E-state index is 12.8. The zero-order valence-electron chi connectivity index (χ0n) is 18.2. The van der Waals surface area contributed by atoms with Crippen molar-refractivity contribution in [1.29, 1.82) is 0 Å². The summed E-state index contributed by atoms with van der Waals surface area (Å²) in [5.41, 5.74) is 3.61. The molecule has 0 aromatic heterocycles. The minimum absolute atomic E-state index is 0.0756. The van der Waals surface area contributed by atoms with Crippen LogP contribution in [-0.2, 0) is 19.8 Å². The van der Waals surface area contributed by atoms with E-state index in [1.54, 1.807) is 24.3 Å². The van der Waals surface area contributed by atoms with E-state index in [0.717, 1.165) is 22.8 Å². The molecule has 0 radical (unpaired) electrons. The second-order valence-electron chi connectivity index (χ2n) is 8.82. The van der Waals surface area contributed by atoms with Crippen LogP contribution in [0, 0.1) is 0 Å². The van der Waals surface area contributed by atoms with Gasteiger partial charge in [-0.1, -0.05) is 75.4 Å². The second kappa shape index (κ2) is 7.69. The molecule has 1 aliphatic rings. The topological polar surface area (TPSA) is 80.8 Å². The predicted octanol–water partition coefficient (Wildman–Crippen LogP) is 4.79. The molecule has 0 N–H and O–H groups in total. The molecule has 0 aliphatic carbocycles. The first-order valence-corrected chi connectivity index (χ1v) is 11.9. The van der Waals surface area contributed by atoms with E-state index in [-0.39, 0.29) is 16.5 Å². The summed E-state index contributed by atoms with van der Waals surface area (Å²) in [6.45, 7) is 6.49. The van der Waals surface area contributed by atoms with Gasteiger partial charge in [-0.2, -0.15) is 8.42 Å². The summed E-state index contributed by atoms with van der Waals surface area (Å²) in [5, 5.41) is 1.52. The average Bonchev–Trinajstić information content (AvgIpc) is 2.72. The SMILES string of the molecule is CC(C)(C)c1ccc(/C=C/c2ccc3c4c(cccc24)C(=O)N(OS(C)(=O)=O)C3=O)cc1. The van der Waals surface area contributed by atoms with Crippen molar-refractivity contribution in [2.75, 3.05) is 6.26 Å². The fourth-order valence-corrected chi connectivity index (χ4v) is 4.13. The van der Waals surface area contributed by atoms with Crippen LogP contribution in [0.5, 0.6) is 0 Å². The van der Waals surface area contributed by atoms with Crippen LogP contribution in [0.2, 0.25) is 0 Å². The Balaban J connectivity index is 1.75. The molecule has 32 heavy (non-hydrogen) atoms. The van der Waals surface area contributed by atoms with Gasteiger partial charge >= 0.3 is 0 Å². The van der Waals surface area contributed by atoms with Gasteiger partial charge in [0.05, 0.1) is 17.4 Å². The van der Waals surface area contributed by atoms with E-state index < -0.39 is 21.9 Å². The van der Waals surface area contributed by atoms with E-state index in [4.69, 9.17) is 0 Å². The van der Waals surface area contributed by atoms with Gasteiger partial charge in [0.2, 0.25) is 0 Å². The van der Waals surface area contributed by atoms with Gasteiger partial charge in [0.1, 0.15) is 0 Å². The van der Waals surface area contributed by atoms with Crippen LogP contribution in [0.1, 0.15) is 58.2 Å². The van der Waals surface area contributed by atoms with Gasteiger partial charge < -0.3 is 0 Å². The third-order valence-electron chi connectivity index (χ3n) is 5.35. The van der Waals surface area contributed by atoms with Crippen molar-refractivity contribution < 1.29 is 22.3 Å². The van der Waals surface area contributed by atoms with Crippen molar-refractivity contribution in [3.63, 3.8) is 0 Å². The van der Waals surface area contributed by atoms with Gasteiger partial charge in [-0.05, 0) is 39.6 Å². The van der Waals surface area contributed by atoms with Crippen molar-refractivity contribution in [3.05, 3.63) is 82.4 Å². The number of rotatable bonds is 4. The summed E-state index contributed by atoms with van der Waals surface area (Å²) in [5.74, 6) is -1.62. The number of benzene rings is 3. The van der Waals surface area contributed by atoms with Crippen LogP contribution >= 0.6 is 0 Å². The molecule has 0 fully saturated rings. The van der Waals surface area contributed by atoms with Gasteiger partial charge in [0.15, 0.2) is 0 Å². The average molecular weight is 450 g/mol. The summed E-state index contributed by atoms with van der Waals surface area (Å²) in [6, 6.07) is 16.7. The highest BCUT2D eigenvalue weighted by molar-refractivity contribution is 7.85. The second-order valence-corrected chi connectivity index (χ2v) is 10.4. The number of hydrogen-bond acceptors (Lipinski definition) is 5. The summed E-state index contributed by atoms with van der Waals surface area (Å²) in [4.78, 5) is 25.6. The highest BCUT2D eigenvalue weighted by atomic mass is 32.2. The van der Waals surface area contributed by atoms with Gasteiger partial charge in [-0.25, -0.2) is 0 Å². The van der Waals surface area contributed by atoms with E-state index in [2.05, 4.69) is 49.3 Å². The summed E-state index contributed by atoms with van der Waals surface area (Å²) < 4.78 is 27.7. The van der Waals surface area contributed by atoms with Crippen LogP contribution in [-0.4, -0.2) is 31.6 Å². The van der Waals surface area contributed by atoms with Crippen molar-refractivity contribution in [3.8, 4) is 0 Å². The smallest absolute Gasteiger partial charge is 0.266 e. The number of hydrogen-bond donors (Lipinski definition) is 0. The quantitative estimate of drug-likeness (QED) is 0.422. The minimum atomic E-state index is -4.05. The lowest BCUT2D eigenvalue weighted by molar-refractivity contribution is -0.0149. The fraction of sp³-hybridized carbons (Fsp3) is 0.200. The molecule has 7 heteroatoms. The number of imide groups is 1. The van der Waals surface area contributed by atoms with Crippen LogP contribution in [0.3, 0.4) is 0 Å². The largest absolute Gasteiger partial charge is 0.286 e. The van der Waals surface area contributed by atoms with Crippen molar-refractivity contribution >= 4 is 44.9 Å². The lowest BCUT2D eigenvalue weighted by atomic mass is 9.86. The Bertz CT molecular complexity index is 1360. The standard InChI is InChI=1S/C25H23NO5S/c1-25(2,3)18-13-9-16(10-14-18)8-11-17-12-15-21-22-19(17)6-5-7-20(22)23(27)26(24(21)28)31-32(4,29)30/h5-15H,1-4H3/b11-8+. The molecule has 2 amide bonds. The highest BCUT2D eigenvalue weighted by Crippen LogP contribution is 2.33. The third-order valence-corrected chi connectivity index (χ3v) is 5.77. The lowest BCUT2D eigenvalue weighted by Gasteiger charge is -2.25. The Hall–Kier alpha value is -3.29. The molecular weight excluding hydrogens is 426 g/mol. The molecule has 0 atom stereocenters. The molecule has 1 aliphatic heterocycles. The highest BCUT2D eigenvalue weighted by Gasteiger charge is 2.36. The Morgan fingerprint density at radius 3 is 2.06 bits per heavy atom. The summed E-state index contributed by atoms with van der Waals surface area (Å²) >= 11 is 0. The monoisotopic (exact) mass is 449 g/mol. The molecule has 0 unspecified atom stereocenters. The molecule has 0 spiro atoms. The molecule has 0 saturated heterocycles. The first kappa shape index (κ1) is 21.9. The Kier molecular flexibility index (Phi) is 5.27. The number of carbonyl (C=O) groups excluding carboxylic acids is 2. The zero-order chi connectivity index (χ0) is 23.3.